The van der Waals surface area contributed by atoms with Crippen LogP contribution in [0.1, 0.15) is 25.3 Å². The molecule has 1 aromatic rings. The van der Waals surface area contributed by atoms with Gasteiger partial charge < -0.3 is 14.9 Å². The maximum absolute atomic E-state index is 11.0. The molecule has 0 saturated carbocycles. The van der Waals surface area contributed by atoms with Crippen molar-refractivity contribution in [1.82, 2.24) is 0 Å². The molecule has 0 bridgehead atoms. The van der Waals surface area contributed by atoms with Gasteiger partial charge in [0.05, 0.1) is 11.6 Å². The van der Waals surface area contributed by atoms with E-state index in [0.29, 0.717) is 23.4 Å². The molecule has 0 saturated heterocycles. The summed E-state index contributed by atoms with van der Waals surface area (Å²) < 4.78 is 5.37. The first-order valence-electron chi connectivity index (χ1n) is 5.47. The average Bonchev–Trinajstić information content (AvgIpc) is 2.30. The minimum absolute atomic E-state index is 0.171. The summed E-state index contributed by atoms with van der Waals surface area (Å²) in [6.45, 7) is 1.53. The van der Waals surface area contributed by atoms with E-state index in [1.165, 1.54) is 12.1 Å². The topological polar surface area (TPSA) is 66.8 Å². The first kappa shape index (κ1) is 15.1. The smallest absolute Gasteiger partial charge is 0.344 e. The van der Waals surface area contributed by atoms with E-state index in [9.17, 15) is 9.90 Å². The third kappa shape index (κ3) is 3.77. The zero-order valence-electron chi connectivity index (χ0n) is 9.82. The molecule has 0 aliphatic carbocycles. The van der Waals surface area contributed by atoms with Crippen LogP contribution in [0.25, 0.3) is 0 Å². The molecule has 100 valence electrons. The van der Waals surface area contributed by atoms with E-state index >= 15 is 0 Å². The Kier molecular flexibility index (Phi) is 5.72. The number of carbonyl (C=O) groups is 1. The van der Waals surface area contributed by atoms with Gasteiger partial charge in [-0.15, -0.1) is 0 Å². The van der Waals surface area contributed by atoms with Crippen molar-refractivity contribution in [1.29, 1.82) is 0 Å². The van der Waals surface area contributed by atoms with E-state index in [1.807, 2.05) is 6.92 Å². The molecule has 0 heterocycles. The Bertz CT molecular complexity index is 434. The van der Waals surface area contributed by atoms with Crippen LogP contribution < -0.4 is 4.74 Å². The van der Waals surface area contributed by atoms with E-state index in [1.54, 1.807) is 0 Å². The molecule has 1 rings (SSSR count). The van der Waals surface area contributed by atoms with Crippen LogP contribution in [0, 0.1) is 0 Å². The van der Waals surface area contributed by atoms with Crippen molar-refractivity contribution in [2.45, 2.75) is 32.5 Å². The highest BCUT2D eigenvalue weighted by atomic mass is 35.5. The molecular weight excluding hydrogens is 279 g/mol. The second kappa shape index (κ2) is 6.83. The van der Waals surface area contributed by atoms with Crippen molar-refractivity contribution in [3.63, 3.8) is 0 Å². The van der Waals surface area contributed by atoms with Crippen molar-refractivity contribution in [3.05, 3.63) is 27.7 Å². The maximum Gasteiger partial charge on any atom is 0.344 e. The third-order valence-corrected chi connectivity index (χ3v) is 2.84. The number of carboxylic acid groups (broad SMARTS) is 1. The molecule has 0 fully saturated rings. The van der Waals surface area contributed by atoms with Gasteiger partial charge in [0, 0.05) is 10.6 Å². The molecule has 0 aliphatic heterocycles. The fourth-order valence-corrected chi connectivity index (χ4v) is 2.08. The van der Waals surface area contributed by atoms with Crippen molar-refractivity contribution in [2.75, 3.05) is 0 Å². The Balaban J connectivity index is 3.04. The van der Waals surface area contributed by atoms with Crippen molar-refractivity contribution >= 4 is 29.2 Å². The lowest BCUT2D eigenvalue weighted by Gasteiger charge is -2.18. The van der Waals surface area contributed by atoms with Gasteiger partial charge in [-0.2, -0.15) is 0 Å². The first-order valence-corrected chi connectivity index (χ1v) is 6.23. The quantitative estimate of drug-likeness (QED) is 0.845. The van der Waals surface area contributed by atoms with Crippen molar-refractivity contribution < 1.29 is 19.7 Å². The largest absolute Gasteiger partial charge is 0.479 e. The summed E-state index contributed by atoms with van der Waals surface area (Å²) in [5.74, 6) is -0.892. The molecule has 0 aromatic heterocycles. The van der Waals surface area contributed by atoms with Crippen molar-refractivity contribution in [3.8, 4) is 5.75 Å². The predicted molar refractivity (Wildman–Crippen MR) is 69.3 cm³/mol. The molecule has 18 heavy (non-hydrogen) atoms. The lowest BCUT2D eigenvalue weighted by Crippen LogP contribution is -2.27. The summed E-state index contributed by atoms with van der Waals surface area (Å²) in [7, 11) is 0. The molecule has 0 aliphatic rings. The average molecular weight is 293 g/mol. The number of halogens is 2. The Hall–Kier alpha value is -0.970. The number of hydrogen-bond donors (Lipinski definition) is 2. The molecule has 6 heteroatoms. The van der Waals surface area contributed by atoms with Crippen LogP contribution >= 0.6 is 23.2 Å². The van der Waals surface area contributed by atoms with Gasteiger partial charge in [-0.1, -0.05) is 36.5 Å². The molecule has 0 amide bonds. The van der Waals surface area contributed by atoms with E-state index in [2.05, 4.69) is 0 Å². The Morgan fingerprint density at radius 3 is 2.61 bits per heavy atom. The van der Waals surface area contributed by atoms with Gasteiger partial charge in [0.15, 0.2) is 6.10 Å². The van der Waals surface area contributed by atoms with Crippen LogP contribution in [-0.4, -0.2) is 22.3 Å². The third-order valence-electron chi connectivity index (χ3n) is 2.34. The van der Waals surface area contributed by atoms with E-state index in [4.69, 9.17) is 33.0 Å². The molecule has 4 nitrogen and oxygen atoms in total. The number of benzene rings is 1. The number of hydrogen-bond acceptors (Lipinski definition) is 3. The summed E-state index contributed by atoms with van der Waals surface area (Å²) in [6.07, 6.45) is 0.0365. The lowest BCUT2D eigenvalue weighted by atomic mass is 10.2. The molecule has 1 aromatic carbocycles. The van der Waals surface area contributed by atoms with E-state index < -0.39 is 12.1 Å². The summed E-state index contributed by atoms with van der Waals surface area (Å²) >= 11 is 11.7. The normalized spacial score (nSPS) is 12.2. The molecule has 0 spiro atoms. The molecular formula is C12H14Cl2O4. The standard InChI is InChI=1S/C12H14Cl2O4/c1-2-3-10(12(16)17)18-11-7(6-15)4-8(13)5-9(11)14/h4-5,10,15H,2-3,6H2,1H3,(H,16,17). The van der Waals surface area contributed by atoms with E-state index in [0.717, 1.165) is 0 Å². The number of carboxylic acids is 1. The summed E-state index contributed by atoms with van der Waals surface area (Å²) in [5.41, 5.74) is 0.370. The highest BCUT2D eigenvalue weighted by Gasteiger charge is 2.21. The zero-order chi connectivity index (χ0) is 13.7. The van der Waals surface area contributed by atoms with Crippen LogP contribution in [0.5, 0.6) is 5.75 Å². The fourth-order valence-electron chi connectivity index (χ4n) is 1.50. The number of aliphatic carboxylic acids is 1. The van der Waals surface area contributed by atoms with Gasteiger partial charge in [-0.05, 0) is 18.6 Å². The second-order valence-electron chi connectivity index (χ2n) is 3.77. The highest BCUT2D eigenvalue weighted by Crippen LogP contribution is 2.33. The summed E-state index contributed by atoms with van der Waals surface area (Å²) in [6, 6.07) is 2.94. The van der Waals surface area contributed by atoms with Gasteiger partial charge in [0.1, 0.15) is 5.75 Å². The molecule has 1 unspecified atom stereocenters. The van der Waals surface area contributed by atoms with Gasteiger partial charge >= 0.3 is 5.97 Å². The maximum atomic E-state index is 11.0. The van der Waals surface area contributed by atoms with Gasteiger partial charge in [0.2, 0.25) is 0 Å². The van der Waals surface area contributed by atoms with Crippen molar-refractivity contribution in [2.24, 2.45) is 0 Å². The van der Waals surface area contributed by atoms with Gasteiger partial charge in [-0.25, -0.2) is 4.79 Å². The molecule has 1 atom stereocenters. The van der Waals surface area contributed by atoms with Crippen LogP contribution in [-0.2, 0) is 11.4 Å². The lowest BCUT2D eigenvalue weighted by molar-refractivity contribution is -0.145. The SMILES string of the molecule is CCCC(Oc1c(Cl)cc(Cl)cc1CO)C(=O)O. The molecule has 2 N–H and O–H groups in total. The molecule has 0 radical (unpaired) electrons. The Morgan fingerprint density at radius 2 is 2.11 bits per heavy atom. The van der Waals surface area contributed by atoms with Crippen LogP contribution in [0.2, 0.25) is 10.0 Å². The monoisotopic (exact) mass is 292 g/mol. The van der Waals surface area contributed by atoms with Crippen LogP contribution in [0.3, 0.4) is 0 Å². The number of aliphatic hydroxyl groups is 1. The Morgan fingerprint density at radius 1 is 1.44 bits per heavy atom. The van der Waals surface area contributed by atoms with Gasteiger partial charge in [0.25, 0.3) is 0 Å². The van der Waals surface area contributed by atoms with Crippen LogP contribution in [0.4, 0.5) is 0 Å². The van der Waals surface area contributed by atoms with E-state index in [-0.39, 0.29) is 17.4 Å². The zero-order valence-corrected chi connectivity index (χ0v) is 11.3. The minimum Gasteiger partial charge on any atom is -0.479 e. The highest BCUT2D eigenvalue weighted by molar-refractivity contribution is 6.35. The summed E-state index contributed by atoms with van der Waals surface area (Å²) in [5, 5.41) is 18.8. The number of aliphatic hydroxyl groups excluding tert-OH is 1. The minimum atomic E-state index is -1.06. The van der Waals surface area contributed by atoms with Crippen LogP contribution in [0.15, 0.2) is 12.1 Å². The predicted octanol–water partition coefficient (Wildman–Crippen LogP) is 3.12. The fraction of sp³-hybridized carbons (Fsp3) is 0.417. The Labute approximate surface area is 115 Å². The number of rotatable bonds is 6. The first-order chi connectivity index (χ1) is 8.49. The second-order valence-corrected chi connectivity index (χ2v) is 4.61. The summed E-state index contributed by atoms with van der Waals surface area (Å²) in [4.78, 5) is 11.0. The number of ether oxygens (including phenoxy) is 1. The van der Waals surface area contributed by atoms with Gasteiger partial charge in [-0.3, -0.25) is 0 Å².